The summed E-state index contributed by atoms with van der Waals surface area (Å²) in [5.41, 5.74) is 2.42. The predicted molar refractivity (Wildman–Crippen MR) is 107 cm³/mol. The minimum atomic E-state index is -1.44. The van der Waals surface area contributed by atoms with Gasteiger partial charge in [-0.1, -0.05) is 29.8 Å². The van der Waals surface area contributed by atoms with Crippen molar-refractivity contribution in [2.45, 2.75) is 18.6 Å². The van der Waals surface area contributed by atoms with Crippen molar-refractivity contribution in [1.82, 2.24) is 15.2 Å². The van der Waals surface area contributed by atoms with Crippen LogP contribution in [0.1, 0.15) is 18.9 Å². The summed E-state index contributed by atoms with van der Waals surface area (Å²) in [6, 6.07) is 7.52. The molecule has 0 fully saturated rings. The lowest BCUT2D eigenvalue weighted by Gasteiger charge is -2.22. The summed E-state index contributed by atoms with van der Waals surface area (Å²) < 4.78 is 13.1. The Balaban J connectivity index is 1.79. The van der Waals surface area contributed by atoms with E-state index in [-0.39, 0.29) is 5.91 Å². The summed E-state index contributed by atoms with van der Waals surface area (Å²) in [5, 5.41) is 9.89. The zero-order valence-electron chi connectivity index (χ0n) is 15.1. The van der Waals surface area contributed by atoms with Gasteiger partial charge in [0.2, 0.25) is 5.91 Å². The zero-order chi connectivity index (χ0) is 19.1. The van der Waals surface area contributed by atoms with Gasteiger partial charge in [-0.25, -0.2) is 0 Å². The molecule has 0 saturated heterocycles. The molecule has 1 aromatic rings. The standard InChI is InChI=1S/C18H20ClN5O2S/c1-3-23-10-24-16(22-23)15(12-6-4-5-7-13(12)19)21-9-11-8-14(17(25)20-2)27(26)18(11)24/h4-7,14H,3,8-10H2,1-2H3,(H,20,25). The molecule has 7 nitrogen and oxygen atoms in total. The number of nitrogens with one attached hydrogen (secondary N) is 1. The second-order valence-electron chi connectivity index (χ2n) is 6.47. The second-order valence-corrected chi connectivity index (χ2v) is 8.43. The number of hydrogen-bond acceptors (Lipinski definition) is 6. The summed E-state index contributed by atoms with van der Waals surface area (Å²) >= 11 is 6.41. The maximum atomic E-state index is 13.1. The van der Waals surface area contributed by atoms with E-state index in [1.165, 1.54) is 0 Å². The van der Waals surface area contributed by atoms with Crippen molar-refractivity contribution in [2.24, 2.45) is 10.1 Å². The van der Waals surface area contributed by atoms with E-state index >= 15 is 0 Å². The average molecular weight is 406 g/mol. The van der Waals surface area contributed by atoms with Gasteiger partial charge in [0.15, 0.2) is 5.84 Å². The van der Waals surface area contributed by atoms with Gasteiger partial charge in [0.1, 0.15) is 22.7 Å². The molecule has 9 heteroatoms. The lowest BCUT2D eigenvalue weighted by molar-refractivity contribution is -0.120. The number of nitrogens with zero attached hydrogens (tertiary/aromatic N) is 4. The molecule has 3 heterocycles. The van der Waals surface area contributed by atoms with Gasteiger partial charge in [0.25, 0.3) is 0 Å². The molecule has 142 valence electrons. The maximum Gasteiger partial charge on any atom is 0.236 e. The van der Waals surface area contributed by atoms with E-state index in [1.54, 1.807) is 7.05 Å². The van der Waals surface area contributed by atoms with Gasteiger partial charge < -0.3 is 5.32 Å². The third-order valence-corrected chi connectivity index (χ3v) is 7.01. The van der Waals surface area contributed by atoms with Crippen molar-refractivity contribution >= 4 is 39.9 Å². The molecule has 1 aromatic carbocycles. The fourth-order valence-corrected chi connectivity index (χ4v) is 5.46. The Kier molecular flexibility index (Phi) is 4.77. The first kappa shape index (κ1) is 18.2. The number of aliphatic imine (C=N–C) groups is 1. The zero-order valence-corrected chi connectivity index (χ0v) is 16.7. The van der Waals surface area contributed by atoms with Crippen LogP contribution in [-0.2, 0) is 15.6 Å². The van der Waals surface area contributed by atoms with Crippen LogP contribution >= 0.6 is 11.6 Å². The van der Waals surface area contributed by atoms with Crippen LogP contribution in [0.2, 0.25) is 5.02 Å². The molecule has 3 aliphatic rings. The molecular formula is C18H20ClN5O2S. The van der Waals surface area contributed by atoms with Crippen molar-refractivity contribution in [2.75, 3.05) is 26.8 Å². The summed E-state index contributed by atoms with van der Waals surface area (Å²) in [7, 11) is 0.125. The molecular weight excluding hydrogens is 386 g/mol. The van der Waals surface area contributed by atoms with Gasteiger partial charge in [-0.3, -0.25) is 23.9 Å². The third kappa shape index (κ3) is 2.96. The number of hydrazone groups is 1. The van der Waals surface area contributed by atoms with Crippen molar-refractivity contribution in [1.29, 1.82) is 0 Å². The lowest BCUT2D eigenvalue weighted by Crippen LogP contribution is -2.39. The van der Waals surface area contributed by atoms with E-state index in [1.807, 2.05) is 41.1 Å². The van der Waals surface area contributed by atoms with E-state index in [0.29, 0.717) is 47.8 Å². The lowest BCUT2D eigenvalue weighted by atomic mass is 10.1. The highest BCUT2D eigenvalue weighted by molar-refractivity contribution is 7.90. The largest absolute Gasteiger partial charge is 0.358 e. The smallest absolute Gasteiger partial charge is 0.236 e. The maximum absolute atomic E-state index is 13.1. The van der Waals surface area contributed by atoms with Gasteiger partial charge >= 0.3 is 0 Å². The van der Waals surface area contributed by atoms with Crippen LogP contribution in [0.4, 0.5) is 0 Å². The van der Waals surface area contributed by atoms with E-state index in [0.717, 1.165) is 11.1 Å². The van der Waals surface area contributed by atoms with Crippen molar-refractivity contribution in [3.8, 4) is 0 Å². The van der Waals surface area contributed by atoms with Crippen molar-refractivity contribution < 1.29 is 9.00 Å². The molecule has 0 spiro atoms. The van der Waals surface area contributed by atoms with Crippen LogP contribution < -0.4 is 5.32 Å². The molecule has 27 heavy (non-hydrogen) atoms. The molecule has 1 N–H and O–H groups in total. The minimum absolute atomic E-state index is 0.207. The van der Waals surface area contributed by atoms with Gasteiger partial charge in [0, 0.05) is 19.2 Å². The van der Waals surface area contributed by atoms with E-state index in [4.69, 9.17) is 16.6 Å². The summed E-state index contributed by atoms with van der Waals surface area (Å²) in [6.45, 7) is 3.60. The molecule has 0 aromatic heterocycles. The monoisotopic (exact) mass is 405 g/mol. The van der Waals surface area contributed by atoms with E-state index < -0.39 is 16.0 Å². The Morgan fingerprint density at radius 3 is 2.89 bits per heavy atom. The molecule has 0 radical (unpaired) electrons. The fourth-order valence-electron chi connectivity index (χ4n) is 3.51. The SMILES string of the molecule is CCN1CN2C(=N1)C(c1ccccc1Cl)=NCC1=C2S(=O)C(C(=O)NC)C1. The molecule has 0 saturated carbocycles. The quantitative estimate of drug-likeness (QED) is 0.827. The number of amides is 1. The number of amidine groups is 1. The summed E-state index contributed by atoms with van der Waals surface area (Å²) in [4.78, 5) is 18.9. The minimum Gasteiger partial charge on any atom is -0.358 e. The Morgan fingerprint density at radius 2 is 2.19 bits per heavy atom. The number of carbonyl (C=O) groups excluding carboxylic acids is 1. The van der Waals surface area contributed by atoms with Crippen LogP contribution in [0, 0.1) is 0 Å². The van der Waals surface area contributed by atoms with Crippen LogP contribution in [0.5, 0.6) is 0 Å². The first-order chi connectivity index (χ1) is 13.0. The van der Waals surface area contributed by atoms with Gasteiger partial charge in [-0.15, -0.1) is 0 Å². The van der Waals surface area contributed by atoms with Crippen LogP contribution in [0.25, 0.3) is 0 Å². The molecule has 4 rings (SSSR count). The van der Waals surface area contributed by atoms with E-state index in [9.17, 15) is 9.00 Å². The number of rotatable bonds is 3. The Labute approximate surface area is 165 Å². The Hall–Kier alpha value is -2.19. The Morgan fingerprint density at radius 1 is 1.41 bits per heavy atom. The molecule has 0 bridgehead atoms. The first-order valence-electron chi connectivity index (χ1n) is 8.80. The number of hydrogen-bond donors (Lipinski definition) is 1. The number of carbonyl (C=O) groups is 1. The Bertz CT molecular complexity index is 926. The molecule has 3 aliphatic heterocycles. The van der Waals surface area contributed by atoms with Crippen LogP contribution in [0.3, 0.4) is 0 Å². The molecule has 0 aliphatic carbocycles. The number of fused-ring (bicyclic) bond motifs is 2. The number of benzene rings is 1. The summed E-state index contributed by atoms with van der Waals surface area (Å²) in [6.07, 6.45) is 0.441. The van der Waals surface area contributed by atoms with Gasteiger partial charge in [-0.2, -0.15) is 5.10 Å². The molecule has 2 unspecified atom stereocenters. The van der Waals surface area contributed by atoms with Crippen LogP contribution in [0.15, 0.2) is 45.0 Å². The molecule has 2 atom stereocenters. The molecule has 1 amide bonds. The topological polar surface area (TPSA) is 77.4 Å². The fraction of sp³-hybridized carbons (Fsp3) is 0.389. The first-order valence-corrected chi connectivity index (χ1v) is 10.4. The second kappa shape index (κ2) is 7.09. The number of halogens is 1. The van der Waals surface area contributed by atoms with Crippen molar-refractivity contribution in [3.63, 3.8) is 0 Å². The summed E-state index contributed by atoms with van der Waals surface area (Å²) in [5.74, 6) is 0.433. The third-order valence-electron chi connectivity index (χ3n) is 4.90. The highest BCUT2D eigenvalue weighted by atomic mass is 35.5. The van der Waals surface area contributed by atoms with E-state index in [2.05, 4.69) is 10.4 Å². The van der Waals surface area contributed by atoms with Crippen LogP contribution in [-0.4, -0.2) is 63.6 Å². The van der Waals surface area contributed by atoms with Gasteiger partial charge in [-0.05, 0) is 25.0 Å². The van der Waals surface area contributed by atoms with Gasteiger partial charge in [0.05, 0.1) is 22.4 Å². The highest BCUT2D eigenvalue weighted by Gasteiger charge is 2.44. The average Bonchev–Trinajstić information content (AvgIpc) is 3.19. The van der Waals surface area contributed by atoms with Crippen molar-refractivity contribution in [3.05, 3.63) is 45.5 Å². The predicted octanol–water partition coefficient (Wildman–Crippen LogP) is 1.53. The highest BCUT2D eigenvalue weighted by Crippen LogP contribution is 2.36. The normalized spacial score (nSPS) is 24.3.